The van der Waals surface area contributed by atoms with E-state index in [1.54, 1.807) is 22.9 Å². The normalized spacial score (nSPS) is 29.7. The maximum absolute atomic E-state index is 12.5. The molecule has 0 aliphatic carbocycles. The van der Waals surface area contributed by atoms with E-state index in [0.29, 0.717) is 18.0 Å². The van der Waals surface area contributed by atoms with Gasteiger partial charge in [0, 0.05) is 11.6 Å². The zero-order chi connectivity index (χ0) is 14.8. The summed E-state index contributed by atoms with van der Waals surface area (Å²) < 4.78 is 0. The number of carbonyl (C=O) groups excluding carboxylic acids is 2. The number of nitrogens with one attached hydrogen (secondary N) is 1. The number of fused-ring (bicyclic) bond motifs is 1. The van der Waals surface area contributed by atoms with Crippen LogP contribution < -0.4 is 11.1 Å². The fourth-order valence-corrected chi connectivity index (χ4v) is 4.74. The lowest BCUT2D eigenvalue weighted by Gasteiger charge is -2.40. The lowest BCUT2D eigenvalue weighted by atomic mass is 9.99. The molecule has 3 rings (SSSR count). The second-order valence-corrected chi connectivity index (χ2v) is 7.42. The van der Waals surface area contributed by atoms with Crippen LogP contribution in [0.15, 0.2) is 11.6 Å². The second-order valence-electron chi connectivity index (χ2n) is 5.24. The van der Waals surface area contributed by atoms with E-state index >= 15 is 0 Å². The van der Waals surface area contributed by atoms with Crippen molar-refractivity contribution in [1.29, 1.82) is 0 Å². The average molecular weight is 326 g/mol. The number of amides is 2. The van der Waals surface area contributed by atoms with Gasteiger partial charge in [0.15, 0.2) is 5.13 Å². The first-order valence-electron chi connectivity index (χ1n) is 7.06. The molecule has 0 bridgehead atoms. The van der Waals surface area contributed by atoms with Gasteiger partial charge in [-0.2, -0.15) is 0 Å². The molecule has 1 unspecified atom stereocenters. The van der Waals surface area contributed by atoms with Gasteiger partial charge in [-0.25, -0.2) is 4.98 Å². The maximum atomic E-state index is 12.5. The van der Waals surface area contributed by atoms with Crippen molar-refractivity contribution < 1.29 is 9.59 Å². The molecule has 2 amide bonds. The van der Waals surface area contributed by atoms with E-state index in [0.717, 1.165) is 18.6 Å². The van der Waals surface area contributed by atoms with Gasteiger partial charge in [0.25, 0.3) is 0 Å². The number of hydrogen-bond donors (Lipinski definition) is 2. The largest absolute Gasteiger partial charge is 0.320 e. The monoisotopic (exact) mass is 326 g/mol. The molecule has 0 aromatic carbocycles. The molecule has 21 heavy (non-hydrogen) atoms. The highest BCUT2D eigenvalue weighted by molar-refractivity contribution is 7.99. The van der Waals surface area contributed by atoms with Crippen LogP contribution in [0, 0.1) is 0 Å². The Labute approximate surface area is 131 Å². The van der Waals surface area contributed by atoms with Crippen LogP contribution in [0.2, 0.25) is 0 Å². The first kappa shape index (κ1) is 14.8. The third kappa shape index (κ3) is 3.07. The zero-order valence-electron chi connectivity index (χ0n) is 11.5. The standard InChI is InChI=1S/C13H18N4O2S2/c14-8-4-6-20-10-3-1-2-9(17(10)12(8)19)11(18)16-13-15-5-7-21-13/h5,7-10H,1-4,6,14H2,(H,15,16,18)/t8-,9-,10?/m0/s1. The molecule has 114 valence electrons. The van der Waals surface area contributed by atoms with E-state index in [2.05, 4.69) is 10.3 Å². The van der Waals surface area contributed by atoms with Gasteiger partial charge < -0.3 is 16.0 Å². The van der Waals surface area contributed by atoms with Crippen LogP contribution in [0.25, 0.3) is 0 Å². The van der Waals surface area contributed by atoms with Gasteiger partial charge in [0.1, 0.15) is 6.04 Å². The Balaban J connectivity index is 1.79. The SMILES string of the molecule is N[C@H]1CCSC2CCC[C@@H](C(=O)Nc3nccs3)N2C1=O. The minimum atomic E-state index is -0.490. The lowest BCUT2D eigenvalue weighted by molar-refractivity contribution is -0.142. The number of anilines is 1. The van der Waals surface area contributed by atoms with Gasteiger partial charge in [0.05, 0.1) is 11.4 Å². The smallest absolute Gasteiger partial charge is 0.249 e. The Hall–Kier alpha value is -1.12. The minimum absolute atomic E-state index is 0.0758. The zero-order valence-corrected chi connectivity index (χ0v) is 13.2. The summed E-state index contributed by atoms with van der Waals surface area (Å²) in [4.78, 5) is 30.8. The molecule has 0 radical (unpaired) electrons. The van der Waals surface area contributed by atoms with Crippen molar-refractivity contribution in [3.05, 3.63) is 11.6 Å². The summed E-state index contributed by atoms with van der Waals surface area (Å²) in [5, 5.41) is 5.26. The molecule has 2 aliphatic heterocycles. The molecule has 8 heteroatoms. The highest BCUT2D eigenvalue weighted by atomic mass is 32.2. The van der Waals surface area contributed by atoms with Crippen molar-refractivity contribution in [3.8, 4) is 0 Å². The fourth-order valence-electron chi connectivity index (χ4n) is 2.80. The van der Waals surface area contributed by atoms with Crippen LogP contribution in [-0.2, 0) is 9.59 Å². The van der Waals surface area contributed by atoms with Gasteiger partial charge in [-0.3, -0.25) is 9.59 Å². The first-order valence-corrected chi connectivity index (χ1v) is 8.99. The predicted molar refractivity (Wildman–Crippen MR) is 84.1 cm³/mol. The number of nitrogens with two attached hydrogens (primary N) is 1. The molecule has 3 heterocycles. The van der Waals surface area contributed by atoms with E-state index < -0.39 is 12.1 Å². The first-order chi connectivity index (χ1) is 10.2. The Kier molecular flexibility index (Phi) is 4.46. The topological polar surface area (TPSA) is 88.3 Å². The summed E-state index contributed by atoms with van der Waals surface area (Å²) in [5.41, 5.74) is 5.94. The molecule has 3 atom stereocenters. The molecular weight excluding hydrogens is 308 g/mol. The predicted octanol–water partition coefficient (Wildman–Crippen LogP) is 1.25. The number of thiazole rings is 1. The summed E-state index contributed by atoms with van der Waals surface area (Å²) in [7, 11) is 0. The number of carbonyl (C=O) groups is 2. The Bertz CT molecular complexity index is 522. The average Bonchev–Trinajstić information content (AvgIpc) is 2.94. The van der Waals surface area contributed by atoms with E-state index in [1.807, 2.05) is 5.38 Å². The Morgan fingerprint density at radius 1 is 1.43 bits per heavy atom. The minimum Gasteiger partial charge on any atom is -0.320 e. The van der Waals surface area contributed by atoms with Crippen LogP contribution in [0.3, 0.4) is 0 Å². The highest BCUT2D eigenvalue weighted by Gasteiger charge is 2.41. The molecule has 2 saturated heterocycles. The fraction of sp³-hybridized carbons (Fsp3) is 0.615. The molecule has 2 fully saturated rings. The van der Waals surface area contributed by atoms with Gasteiger partial charge in [0.2, 0.25) is 11.8 Å². The van der Waals surface area contributed by atoms with Crippen molar-refractivity contribution in [3.63, 3.8) is 0 Å². The van der Waals surface area contributed by atoms with Crippen LogP contribution in [0.4, 0.5) is 5.13 Å². The van der Waals surface area contributed by atoms with Crippen molar-refractivity contribution in [2.24, 2.45) is 5.73 Å². The molecule has 3 N–H and O–H groups in total. The third-order valence-corrected chi connectivity index (χ3v) is 5.86. The molecule has 0 saturated carbocycles. The molecular formula is C13H18N4O2S2. The van der Waals surface area contributed by atoms with E-state index in [4.69, 9.17) is 5.73 Å². The maximum Gasteiger partial charge on any atom is 0.249 e. The number of nitrogens with zero attached hydrogens (tertiary/aromatic N) is 2. The van der Waals surface area contributed by atoms with Gasteiger partial charge >= 0.3 is 0 Å². The van der Waals surface area contributed by atoms with Crippen molar-refractivity contribution in [2.75, 3.05) is 11.1 Å². The lowest BCUT2D eigenvalue weighted by Crippen LogP contribution is -2.56. The summed E-state index contributed by atoms with van der Waals surface area (Å²) in [6.07, 6.45) is 4.90. The third-order valence-electron chi connectivity index (χ3n) is 3.85. The van der Waals surface area contributed by atoms with Crippen molar-refractivity contribution in [1.82, 2.24) is 9.88 Å². The highest BCUT2D eigenvalue weighted by Crippen LogP contribution is 2.34. The molecule has 1 aromatic rings. The van der Waals surface area contributed by atoms with Crippen LogP contribution in [0.1, 0.15) is 25.7 Å². The summed E-state index contributed by atoms with van der Waals surface area (Å²) in [5.74, 6) is 0.621. The van der Waals surface area contributed by atoms with Crippen LogP contribution in [-0.4, -0.2) is 44.9 Å². The van der Waals surface area contributed by atoms with Gasteiger partial charge in [-0.05, 0) is 31.4 Å². The number of piperidine rings is 1. The van der Waals surface area contributed by atoms with Gasteiger partial charge in [-0.1, -0.05) is 0 Å². The van der Waals surface area contributed by atoms with E-state index in [9.17, 15) is 9.59 Å². The van der Waals surface area contributed by atoms with E-state index in [1.165, 1.54) is 11.3 Å². The van der Waals surface area contributed by atoms with Crippen molar-refractivity contribution >= 4 is 40.0 Å². The second kappa shape index (κ2) is 6.33. The quantitative estimate of drug-likeness (QED) is 0.854. The molecule has 2 aliphatic rings. The summed E-state index contributed by atoms with van der Waals surface area (Å²) in [6.45, 7) is 0. The number of hydrogen-bond acceptors (Lipinski definition) is 6. The van der Waals surface area contributed by atoms with Gasteiger partial charge in [-0.15, -0.1) is 23.1 Å². The van der Waals surface area contributed by atoms with E-state index in [-0.39, 0.29) is 17.2 Å². The summed E-state index contributed by atoms with van der Waals surface area (Å²) >= 11 is 3.11. The van der Waals surface area contributed by atoms with Crippen LogP contribution in [0.5, 0.6) is 0 Å². The van der Waals surface area contributed by atoms with Crippen molar-refractivity contribution in [2.45, 2.75) is 43.1 Å². The van der Waals surface area contributed by atoms with Crippen LogP contribution >= 0.6 is 23.1 Å². The molecule has 1 aromatic heterocycles. The number of thioether (sulfide) groups is 1. The molecule has 0 spiro atoms. The number of rotatable bonds is 2. The number of aromatic nitrogens is 1. The Morgan fingerprint density at radius 3 is 3.05 bits per heavy atom. The molecule has 6 nitrogen and oxygen atoms in total. The summed E-state index contributed by atoms with van der Waals surface area (Å²) in [6, 6.07) is -0.924. The Morgan fingerprint density at radius 2 is 2.29 bits per heavy atom.